The van der Waals surface area contributed by atoms with E-state index in [9.17, 15) is 5.11 Å². The summed E-state index contributed by atoms with van der Waals surface area (Å²) in [7, 11) is 0. The lowest BCUT2D eigenvalue weighted by Crippen LogP contribution is -2.05. The summed E-state index contributed by atoms with van der Waals surface area (Å²) in [5.74, 6) is 0.610. The summed E-state index contributed by atoms with van der Waals surface area (Å²) in [5, 5.41) is 10.7. The number of hydrogen-bond donors (Lipinski definition) is 1. The molecule has 1 unspecified atom stereocenters. The molecule has 112 valence electrons. The molecule has 0 aliphatic carbocycles. The number of para-hydroxylation sites is 1. The topological polar surface area (TPSA) is 29.5 Å². The van der Waals surface area contributed by atoms with Gasteiger partial charge in [-0.05, 0) is 11.6 Å². The molecule has 0 saturated heterocycles. The molecule has 2 rings (SSSR count). The van der Waals surface area contributed by atoms with Crippen molar-refractivity contribution in [1.29, 1.82) is 0 Å². The number of aliphatic hydroxyl groups excluding tert-OH is 1. The molecule has 0 aliphatic rings. The molecule has 2 aromatic rings. The van der Waals surface area contributed by atoms with Crippen molar-refractivity contribution in [1.82, 2.24) is 0 Å². The first-order valence-electron chi connectivity index (χ1n) is 6.82. The minimum Gasteiger partial charge on any atom is -0.488 e. The first-order chi connectivity index (χ1) is 10.6. The van der Waals surface area contributed by atoms with Crippen LogP contribution in [0.1, 0.15) is 17.2 Å². The molecule has 22 heavy (non-hydrogen) atoms. The normalized spacial score (nSPS) is 11.4. The van der Waals surface area contributed by atoms with Crippen molar-refractivity contribution >= 4 is 21.5 Å². The van der Waals surface area contributed by atoms with Crippen LogP contribution in [0.3, 0.4) is 0 Å². The highest BCUT2D eigenvalue weighted by molar-refractivity contribution is 9.11. The first-order valence-corrected chi connectivity index (χ1v) is 7.61. The third-order valence-corrected chi connectivity index (χ3v) is 3.38. The lowest BCUT2D eigenvalue weighted by Gasteiger charge is -2.18. The molecule has 3 heteroatoms. The Morgan fingerprint density at radius 3 is 2.41 bits per heavy atom. The maximum Gasteiger partial charge on any atom is 0.126 e. The zero-order chi connectivity index (χ0) is 15.9. The van der Waals surface area contributed by atoms with Gasteiger partial charge in [-0.25, -0.2) is 0 Å². The predicted octanol–water partition coefficient (Wildman–Crippen LogP) is 4.88. The van der Waals surface area contributed by atoms with E-state index in [1.54, 1.807) is 0 Å². The van der Waals surface area contributed by atoms with Crippen molar-refractivity contribution in [2.75, 3.05) is 6.61 Å². The van der Waals surface area contributed by atoms with Crippen molar-refractivity contribution in [2.24, 2.45) is 0 Å². The molecule has 0 bridgehead atoms. The summed E-state index contributed by atoms with van der Waals surface area (Å²) in [6, 6.07) is 17.0. The quantitative estimate of drug-likeness (QED) is 0.747. The van der Waals surface area contributed by atoms with E-state index in [0.29, 0.717) is 23.5 Å². The van der Waals surface area contributed by atoms with E-state index in [-0.39, 0.29) is 0 Å². The van der Waals surface area contributed by atoms with Crippen LogP contribution >= 0.6 is 15.9 Å². The SMILES string of the molecule is C=C=C(c1ccccc1)C(O)c1ccccc1OCC(=C)Br. The van der Waals surface area contributed by atoms with Gasteiger partial charge in [-0.2, -0.15) is 0 Å². The van der Waals surface area contributed by atoms with E-state index in [1.807, 2.05) is 54.6 Å². The van der Waals surface area contributed by atoms with Crippen LogP contribution in [0.15, 0.2) is 78.0 Å². The highest BCUT2D eigenvalue weighted by atomic mass is 79.9. The van der Waals surface area contributed by atoms with E-state index >= 15 is 0 Å². The van der Waals surface area contributed by atoms with Crippen molar-refractivity contribution in [3.63, 3.8) is 0 Å². The largest absolute Gasteiger partial charge is 0.488 e. The number of benzene rings is 2. The molecule has 0 saturated carbocycles. The fourth-order valence-electron chi connectivity index (χ4n) is 2.12. The van der Waals surface area contributed by atoms with Crippen molar-refractivity contribution in [2.45, 2.75) is 6.10 Å². The highest BCUT2D eigenvalue weighted by Gasteiger charge is 2.18. The Bertz CT molecular complexity index is 700. The number of ether oxygens (including phenoxy) is 1. The van der Waals surface area contributed by atoms with E-state index in [0.717, 1.165) is 10.0 Å². The first kappa shape index (κ1) is 16.3. The van der Waals surface area contributed by atoms with Gasteiger partial charge in [0.2, 0.25) is 0 Å². The molecule has 0 aliphatic heterocycles. The molecule has 1 atom stereocenters. The number of rotatable bonds is 6. The van der Waals surface area contributed by atoms with Crippen molar-refractivity contribution in [3.05, 3.63) is 89.1 Å². The van der Waals surface area contributed by atoms with Gasteiger partial charge < -0.3 is 9.84 Å². The smallest absolute Gasteiger partial charge is 0.126 e. The van der Waals surface area contributed by atoms with Gasteiger partial charge in [0, 0.05) is 15.6 Å². The second-order valence-electron chi connectivity index (χ2n) is 4.70. The van der Waals surface area contributed by atoms with Crippen LogP contribution in [0, 0.1) is 0 Å². The maximum atomic E-state index is 10.7. The Kier molecular flexibility index (Phi) is 5.79. The van der Waals surface area contributed by atoms with E-state index < -0.39 is 6.10 Å². The summed E-state index contributed by atoms with van der Waals surface area (Å²) in [6.45, 7) is 7.78. The summed E-state index contributed by atoms with van der Waals surface area (Å²) in [4.78, 5) is 0. The number of halogens is 1. The van der Waals surface area contributed by atoms with Gasteiger partial charge in [-0.15, -0.1) is 5.73 Å². The van der Waals surface area contributed by atoms with Crippen molar-refractivity contribution in [3.8, 4) is 5.75 Å². The Morgan fingerprint density at radius 1 is 1.14 bits per heavy atom. The molecule has 1 N–H and O–H groups in total. The van der Waals surface area contributed by atoms with Gasteiger partial charge in [0.15, 0.2) is 0 Å². The second kappa shape index (κ2) is 7.81. The summed E-state index contributed by atoms with van der Waals surface area (Å²) in [6.07, 6.45) is -0.861. The van der Waals surface area contributed by atoms with Gasteiger partial charge in [-0.1, -0.05) is 77.6 Å². The van der Waals surface area contributed by atoms with Crippen molar-refractivity contribution < 1.29 is 9.84 Å². The fraction of sp³-hybridized carbons (Fsp3) is 0.105. The van der Waals surface area contributed by atoms with E-state index in [2.05, 4.69) is 34.8 Å². The van der Waals surface area contributed by atoms with Gasteiger partial charge >= 0.3 is 0 Å². The van der Waals surface area contributed by atoms with Crippen LogP contribution < -0.4 is 4.74 Å². The zero-order valence-corrected chi connectivity index (χ0v) is 13.7. The molecule has 2 aromatic carbocycles. The maximum absolute atomic E-state index is 10.7. The molecule has 0 fully saturated rings. The lowest BCUT2D eigenvalue weighted by molar-refractivity contribution is 0.230. The van der Waals surface area contributed by atoms with E-state index in [4.69, 9.17) is 4.74 Å². The third kappa shape index (κ3) is 3.99. The van der Waals surface area contributed by atoms with Gasteiger partial charge in [0.05, 0.1) is 0 Å². The molecule has 0 radical (unpaired) electrons. The molecular formula is C19H17BrO2. The van der Waals surface area contributed by atoms with Gasteiger partial charge in [0.25, 0.3) is 0 Å². The van der Waals surface area contributed by atoms with Crippen LogP contribution in [-0.4, -0.2) is 11.7 Å². The minimum absolute atomic E-state index is 0.336. The fourth-order valence-corrected chi connectivity index (χ4v) is 2.24. The predicted molar refractivity (Wildman–Crippen MR) is 94.0 cm³/mol. The van der Waals surface area contributed by atoms with Crippen LogP contribution in [0.2, 0.25) is 0 Å². The Balaban J connectivity index is 2.34. The minimum atomic E-state index is -0.861. The number of hydrogen-bond acceptors (Lipinski definition) is 2. The monoisotopic (exact) mass is 356 g/mol. The summed E-state index contributed by atoms with van der Waals surface area (Å²) in [5.41, 5.74) is 5.01. The molecule has 0 aromatic heterocycles. The summed E-state index contributed by atoms with van der Waals surface area (Å²) >= 11 is 3.26. The second-order valence-corrected chi connectivity index (χ2v) is 5.82. The van der Waals surface area contributed by atoms with Crippen LogP contribution in [0.25, 0.3) is 5.57 Å². The molecule has 0 spiro atoms. The van der Waals surface area contributed by atoms with Crippen LogP contribution in [0.5, 0.6) is 5.75 Å². The molecule has 0 amide bonds. The third-order valence-electron chi connectivity index (χ3n) is 3.15. The van der Waals surface area contributed by atoms with Crippen LogP contribution in [0.4, 0.5) is 0 Å². The Labute approximate surface area is 139 Å². The highest BCUT2D eigenvalue weighted by Crippen LogP contribution is 2.34. The zero-order valence-electron chi connectivity index (χ0n) is 12.1. The van der Waals surface area contributed by atoms with E-state index in [1.165, 1.54) is 0 Å². The van der Waals surface area contributed by atoms with Gasteiger partial charge in [0.1, 0.15) is 18.5 Å². The Hall–Kier alpha value is -2.06. The summed E-state index contributed by atoms with van der Waals surface area (Å²) < 4.78 is 6.42. The number of aliphatic hydroxyl groups is 1. The Morgan fingerprint density at radius 2 is 1.77 bits per heavy atom. The van der Waals surface area contributed by atoms with Crippen LogP contribution in [-0.2, 0) is 0 Å². The standard InChI is InChI=1S/C19H17BrO2/c1-3-16(15-9-5-4-6-10-15)19(21)17-11-7-8-12-18(17)22-13-14(2)20/h4-12,19,21H,1-2,13H2. The average Bonchev–Trinajstić information content (AvgIpc) is 2.55. The van der Waals surface area contributed by atoms with Gasteiger partial charge in [-0.3, -0.25) is 0 Å². The molecule has 2 nitrogen and oxygen atoms in total. The lowest BCUT2D eigenvalue weighted by atomic mass is 9.95. The average molecular weight is 357 g/mol. The molecule has 0 heterocycles. The molecular weight excluding hydrogens is 340 g/mol.